The van der Waals surface area contributed by atoms with Gasteiger partial charge < -0.3 is 0 Å². The van der Waals surface area contributed by atoms with Crippen molar-refractivity contribution in [2.45, 2.75) is 0 Å². The molecule has 0 spiro atoms. The van der Waals surface area contributed by atoms with Crippen LogP contribution in [0.4, 0.5) is 0 Å². The molecule has 10 rings (SSSR count). The smallest absolute Gasteiger partial charge is 0.124 e. The summed E-state index contributed by atoms with van der Waals surface area (Å²) in [6.45, 7) is 0. The zero-order valence-electron chi connectivity index (χ0n) is 24.6. The summed E-state index contributed by atoms with van der Waals surface area (Å²) in [4.78, 5) is 9.69. The fourth-order valence-electron chi connectivity index (χ4n) is 6.77. The molecule has 4 heteroatoms. The standard InChI is InChI=1S/C42H24N2S2/c1-3-7-37-35(5-1)43-41(45-37)27-13-9-25(10-14-27)33-21-29-17-19-31-23-34(24-32-20-18-30(22-33)39(29)40(31)32)26-11-15-28(16-12-26)42-44-36-6-2-4-8-38(36)46-42/h1-24H. The number of hydrogen-bond acceptors (Lipinski definition) is 4. The van der Waals surface area contributed by atoms with Crippen molar-refractivity contribution < 1.29 is 0 Å². The van der Waals surface area contributed by atoms with E-state index < -0.39 is 0 Å². The average molecular weight is 621 g/mol. The molecule has 0 aliphatic rings. The third kappa shape index (κ3) is 4.15. The Balaban J connectivity index is 0.999. The second kappa shape index (κ2) is 10.0. The Morgan fingerprint density at radius 3 is 1.04 bits per heavy atom. The van der Waals surface area contributed by atoms with Crippen molar-refractivity contribution in [3.8, 4) is 43.4 Å². The van der Waals surface area contributed by atoms with E-state index in [0.29, 0.717) is 0 Å². The van der Waals surface area contributed by atoms with E-state index in [1.54, 1.807) is 22.7 Å². The summed E-state index contributed by atoms with van der Waals surface area (Å²) in [5.41, 5.74) is 9.33. The van der Waals surface area contributed by atoms with Gasteiger partial charge in [0.2, 0.25) is 0 Å². The lowest BCUT2D eigenvalue weighted by Gasteiger charge is -2.15. The van der Waals surface area contributed by atoms with Crippen molar-refractivity contribution in [3.05, 3.63) is 146 Å². The first-order valence-electron chi connectivity index (χ1n) is 15.4. The molecule has 2 nitrogen and oxygen atoms in total. The molecule has 214 valence electrons. The minimum Gasteiger partial charge on any atom is -0.236 e. The molecule has 0 aliphatic heterocycles. The zero-order valence-corrected chi connectivity index (χ0v) is 26.2. The van der Waals surface area contributed by atoms with Crippen LogP contribution in [0.15, 0.2) is 146 Å². The first kappa shape index (κ1) is 25.9. The van der Waals surface area contributed by atoms with Gasteiger partial charge in [-0.3, -0.25) is 0 Å². The molecule has 0 saturated heterocycles. The SMILES string of the molecule is c1ccc2sc(-c3ccc(-c4cc5ccc6cc(-c7ccc(-c8nc9ccccc9s8)cc7)cc7ccc(c4)c5c67)cc3)nc2c1. The van der Waals surface area contributed by atoms with Crippen molar-refractivity contribution in [2.24, 2.45) is 0 Å². The first-order chi connectivity index (χ1) is 22.7. The Morgan fingerprint density at radius 2 is 0.674 bits per heavy atom. The van der Waals surface area contributed by atoms with Crippen molar-refractivity contribution in [3.63, 3.8) is 0 Å². The Bertz CT molecular complexity index is 2410. The summed E-state index contributed by atoms with van der Waals surface area (Å²) in [6.07, 6.45) is 0. The van der Waals surface area contributed by atoms with Crippen molar-refractivity contribution in [2.75, 3.05) is 0 Å². The number of rotatable bonds is 4. The van der Waals surface area contributed by atoms with Crippen molar-refractivity contribution in [1.29, 1.82) is 0 Å². The van der Waals surface area contributed by atoms with E-state index in [1.165, 1.54) is 64.0 Å². The van der Waals surface area contributed by atoms with E-state index in [4.69, 9.17) is 9.97 Å². The number of aromatic nitrogens is 2. The largest absolute Gasteiger partial charge is 0.236 e. The summed E-state index contributed by atoms with van der Waals surface area (Å²) < 4.78 is 2.44. The van der Waals surface area contributed by atoms with Gasteiger partial charge in [0.15, 0.2) is 0 Å². The molecular weight excluding hydrogens is 597 g/mol. The average Bonchev–Trinajstić information content (AvgIpc) is 3.75. The van der Waals surface area contributed by atoms with Crippen LogP contribution in [0.1, 0.15) is 0 Å². The molecule has 8 aromatic carbocycles. The fraction of sp³-hybridized carbons (Fsp3) is 0. The number of hydrogen-bond donors (Lipinski definition) is 0. The monoisotopic (exact) mass is 620 g/mol. The van der Waals surface area contributed by atoms with E-state index in [0.717, 1.165) is 32.2 Å². The molecule has 0 atom stereocenters. The molecule has 0 radical (unpaired) electrons. The maximum atomic E-state index is 4.85. The highest BCUT2D eigenvalue weighted by Gasteiger charge is 2.14. The molecule has 0 amide bonds. The van der Waals surface area contributed by atoms with E-state index in [2.05, 4.69) is 133 Å². The molecule has 0 aliphatic carbocycles. The zero-order chi connectivity index (χ0) is 30.2. The van der Waals surface area contributed by atoms with Crippen LogP contribution >= 0.6 is 22.7 Å². The van der Waals surface area contributed by atoms with Gasteiger partial charge in [0, 0.05) is 11.1 Å². The fourth-order valence-corrected chi connectivity index (χ4v) is 8.72. The highest BCUT2D eigenvalue weighted by Crippen LogP contribution is 2.40. The molecule has 2 heterocycles. The molecule has 46 heavy (non-hydrogen) atoms. The van der Waals surface area contributed by atoms with Gasteiger partial charge in [-0.25, -0.2) is 9.97 Å². The van der Waals surface area contributed by atoms with Crippen LogP contribution in [0.3, 0.4) is 0 Å². The van der Waals surface area contributed by atoms with Gasteiger partial charge in [-0.05, 0) is 103 Å². The Hall–Kier alpha value is -5.42. The lowest BCUT2D eigenvalue weighted by Crippen LogP contribution is -1.88. The molecular formula is C42H24N2S2. The lowest BCUT2D eigenvalue weighted by atomic mass is 9.89. The highest BCUT2D eigenvalue weighted by atomic mass is 32.1. The number of benzene rings is 8. The summed E-state index contributed by atoms with van der Waals surface area (Å²) >= 11 is 3.49. The summed E-state index contributed by atoms with van der Waals surface area (Å²) in [5.74, 6) is 0. The van der Waals surface area contributed by atoms with Crippen LogP contribution in [0.5, 0.6) is 0 Å². The normalized spacial score (nSPS) is 11.9. The van der Waals surface area contributed by atoms with E-state index in [-0.39, 0.29) is 0 Å². The topological polar surface area (TPSA) is 25.8 Å². The number of fused-ring (bicyclic) bond motifs is 2. The van der Waals surface area contributed by atoms with Crippen LogP contribution in [0.25, 0.3) is 96.1 Å². The maximum absolute atomic E-state index is 4.85. The van der Waals surface area contributed by atoms with Gasteiger partial charge in [-0.15, -0.1) is 22.7 Å². The maximum Gasteiger partial charge on any atom is 0.124 e. The molecule has 2 aromatic heterocycles. The van der Waals surface area contributed by atoms with Crippen LogP contribution in [0, 0.1) is 0 Å². The van der Waals surface area contributed by atoms with E-state index in [9.17, 15) is 0 Å². The minimum absolute atomic E-state index is 1.06. The molecule has 10 aromatic rings. The Morgan fingerprint density at radius 1 is 0.326 bits per heavy atom. The number of nitrogens with zero attached hydrogens (tertiary/aromatic N) is 2. The quantitative estimate of drug-likeness (QED) is 0.183. The van der Waals surface area contributed by atoms with Gasteiger partial charge in [0.25, 0.3) is 0 Å². The summed E-state index contributed by atoms with van der Waals surface area (Å²) in [7, 11) is 0. The van der Waals surface area contributed by atoms with Crippen LogP contribution < -0.4 is 0 Å². The van der Waals surface area contributed by atoms with Gasteiger partial charge in [-0.1, -0.05) is 97.1 Å². The Labute approximate surface area is 273 Å². The van der Waals surface area contributed by atoms with Crippen LogP contribution in [0.2, 0.25) is 0 Å². The molecule has 0 fully saturated rings. The van der Waals surface area contributed by atoms with Crippen molar-refractivity contribution in [1.82, 2.24) is 9.97 Å². The van der Waals surface area contributed by atoms with Gasteiger partial charge in [0.1, 0.15) is 10.0 Å². The van der Waals surface area contributed by atoms with Gasteiger partial charge in [-0.2, -0.15) is 0 Å². The predicted molar refractivity (Wildman–Crippen MR) is 198 cm³/mol. The van der Waals surface area contributed by atoms with E-state index >= 15 is 0 Å². The van der Waals surface area contributed by atoms with Crippen LogP contribution in [-0.2, 0) is 0 Å². The second-order valence-corrected chi connectivity index (χ2v) is 13.9. The first-order valence-corrected chi connectivity index (χ1v) is 17.0. The summed E-state index contributed by atoms with van der Waals surface area (Å²) in [6, 6.07) is 52.8. The number of thiazole rings is 2. The highest BCUT2D eigenvalue weighted by molar-refractivity contribution is 7.22. The van der Waals surface area contributed by atoms with Crippen molar-refractivity contribution >= 4 is 75.4 Å². The number of para-hydroxylation sites is 2. The molecule has 0 bridgehead atoms. The van der Waals surface area contributed by atoms with Gasteiger partial charge in [0.05, 0.1) is 20.4 Å². The molecule has 0 N–H and O–H groups in total. The lowest BCUT2D eigenvalue weighted by molar-refractivity contribution is 1.48. The van der Waals surface area contributed by atoms with Crippen LogP contribution in [-0.4, -0.2) is 9.97 Å². The predicted octanol–water partition coefficient (Wildman–Crippen LogP) is 12.5. The summed E-state index contributed by atoms with van der Waals surface area (Å²) in [5, 5.41) is 9.88. The van der Waals surface area contributed by atoms with E-state index in [1.807, 2.05) is 12.1 Å². The molecule has 0 saturated carbocycles. The third-order valence-corrected chi connectivity index (χ3v) is 11.2. The third-order valence-electron chi connectivity index (χ3n) is 9.05. The molecule has 0 unspecified atom stereocenters. The van der Waals surface area contributed by atoms with Gasteiger partial charge >= 0.3 is 0 Å². The second-order valence-electron chi connectivity index (χ2n) is 11.9. The minimum atomic E-state index is 1.06. The Kier molecular flexibility index (Phi) is 5.65.